The van der Waals surface area contributed by atoms with Gasteiger partial charge in [-0.2, -0.15) is 0 Å². The molecule has 0 aliphatic heterocycles. The summed E-state index contributed by atoms with van der Waals surface area (Å²) in [6.07, 6.45) is 0.180. The minimum absolute atomic E-state index is 0.148. The van der Waals surface area contributed by atoms with Gasteiger partial charge in [0.05, 0.1) is 6.61 Å². The molecule has 0 aromatic heterocycles. The van der Waals surface area contributed by atoms with E-state index >= 15 is 0 Å². The molecule has 0 aliphatic carbocycles. The van der Waals surface area contributed by atoms with Crippen LogP contribution in [0, 0.1) is 4.91 Å². The first-order valence-electron chi connectivity index (χ1n) is 3.59. The van der Waals surface area contributed by atoms with Crippen LogP contribution in [0.4, 0.5) is 0 Å². The Morgan fingerprint density at radius 1 is 1.50 bits per heavy atom. The SMILES string of the molecule is CCOC(=O)/C(N=O)=C(\O)CC. The predicted octanol–water partition coefficient (Wildman–Crippen LogP) is 1.50. The van der Waals surface area contributed by atoms with E-state index in [0.29, 0.717) is 0 Å². The molecule has 0 aromatic rings. The molecule has 5 heteroatoms. The second-order valence-corrected chi connectivity index (χ2v) is 1.96. The van der Waals surface area contributed by atoms with Crippen LogP contribution in [0.15, 0.2) is 16.6 Å². The Morgan fingerprint density at radius 3 is 2.42 bits per heavy atom. The van der Waals surface area contributed by atoms with E-state index in [-0.39, 0.29) is 18.8 Å². The standard InChI is InChI=1S/C7H11NO4/c1-3-5(9)6(8-11)7(10)12-4-2/h9H,3-4H2,1-2H3/b6-5+. The van der Waals surface area contributed by atoms with Crippen molar-refractivity contribution in [2.45, 2.75) is 20.3 Å². The Hall–Kier alpha value is -1.39. The van der Waals surface area contributed by atoms with Gasteiger partial charge in [0.15, 0.2) is 0 Å². The van der Waals surface area contributed by atoms with Crippen molar-refractivity contribution in [1.29, 1.82) is 0 Å². The molecule has 12 heavy (non-hydrogen) atoms. The van der Waals surface area contributed by atoms with Crippen molar-refractivity contribution in [3.8, 4) is 0 Å². The minimum Gasteiger partial charge on any atom is -0.510 e. The van der Waals surface area contributed by atoms with Crippen LogP contribution in [0.5, 0.6) is 0 Å². The number of esters is 1. The summed E-state index contributed by atoms with van der Waals surface area (Å²) >= 11 is 0. The number of aliphatic hydroxyl groups is 1. The first-order valence-corrected chi connectivity index (χ1v) is 3.59. The average Bonchev–Trinajstić information content (AvgIpc) is 2.06. The fraction of sp³-hybridized carbons (Fsp3) is 0.571. The van der Waals surface area contributed by atoms with Gasteiger partial charge in [0.2, 0.25) is 5.70 Å². The summed E-state index contributed by atoms with van der Waals surface area (Å²) in [5.74, 6) is -1.23. The van der Waals surface area contributed by atoms with E-state index in [0.717, 1.165) is 0 Å². The lowest BCUT2D eigenvalue weighted by Crippen LogP contribution is -2.08. The zero-order valence-corrected chi connectivity index (χ0v) is 7.03. The van der Waals surface area contributed by atoms with Gasteiger partial charge in [0.1, 0.15) is 5.76 Å². The topological polar surface area (TPSA) is 76.0 Å². The maximum absolute atomic E-state index is 10.8. The van der Waals surface area contributed by atoms with Crippen molar-refractivity contribution in [3.05, 3.63) is 16.4 Å². The number of rotatable bonds is 4. The molecule has 0 atom stereocenters. The Morgan fingerprint density at radius 2 is 2.08 bits per heavy atom. The zero-order valence-electron chi connectivity index (χ0n) is 7.03. The predicted molar refractivity (Wildman–Crippen MR) is 42.4 cm³/mol. The minimum atomic E-state index is -0.883. The molecule has 5 nitrogen and oxygen atoms in total. The molecule has 0 bridgehead atoms. The molecule has 0 spiro atoms. The van der Waals surface area contributed by atoms with Crippen LogP contribution in [0.1, 0.15) is 20.3 Å². The van der Waals surface area contributed by atoms with Gasteiger partial charge in [-0.05, 0) is 12.1 Å². The quantitative estimate of drug-likeness (QED) is 0.302. The fourth-order valence-electron chi connectivity index (χ4n) is 0.575. The van der Waals surface area contributed by atoms with Crippen molar-refractivity contribution >= 4 is 5.97 Å². The van der Waals surface area contributed by atoms with Crippen LogP contribution in [0.2, 0.25) is 0 Å². The Labute approximate surface area is 70.0 Å². The number of ether oxygens (including phenoxy) is 1. The number of hydrogen-bond donors (Lipinski definition) is 1. The molecule has 0 fully saturated rings. The van der Waals surface area contributed by atoms with Crippen LogP contribution in [0.25, 0.3) is 0 Å². The Bertz CT molecular complexity index is 209. The smallest absolute Gasteiger partial charge is 0.364 e. The molecular weight excluding hydrogens is 162 g/mol. The normalized spacial score (nSPS) is 11.8. The van der Waals surface area contributed by atoms with Gasteiger partial charge in [-0.15, -0.1) is 4.91 Å². The third kappa shape index (κ3) is 2.69. The lowest BCUT2D eigenvalue weighted by molar-refractivity contribution is -0.138. The highest BCUT2D eigenvalue weighted by Crippen LogP contribution is 2.08. The van der Waals surface area contributed by atoms with Gasteiger partial charge in [-0.1, -0.05) is 6.92 Å². The van der Waals surface area contributed by atoms with Crippen molar-refractivity contribution in [2.24, 2.45) is 5.18 Å². The number of nitrogens with zero attached hydrogens (tertiary/aromatic N) is 1. The van der Waals surface area contributed by atoms with E-state index in [1.54, 1.807) is 13.8 Å². The number of aliphatic hydroxyl groups excluding tert-OH is 1. The summed E-state index contributed by atoms with van der Waals surface area (Å²) in [5.41, 5.74) is -0.542. The summed E-state index contributed by atoms with van der Waals surface area (Å²) in [5, 5.41) is 11.4. The second kappa shape index (κ2) is 5.29. The third-order valence-electron chi connectivity index (χ3n) is 1.17. The lowest BCUT2D eigenvalue weighted by atomic mass is 10.3. The molecule has 0 radical (unpaired) electrons. The van der Waals surface area contributed by atoms with Crippen molar-refractivity contribution in [2.75, 3.05) is 6.61 Å². The van der Waals surface area contributed by atoms with Gasteiger partial charge in [0, 0.05) is 6.42 Å². The molecule has 0 aromatic carbocycles. The molecule has 0 unspecified atom stereocenters. The van der Waals surface area contributed by atoms with E-state index in [1.165, 1.54) is 0 Å². The number of nitroso groups, excluding NO2 is 1. The van der Waals surface area contributed by atoms with Crippen molar-refractivity contribution < 1.29 is 14.6 Å². The Balaban J connectivity index is 4.55. The first kappa shape index (κ1) is 10.6. The van der Waals surface area contributed by atoms with Gasteiger partial charge in [0.25, 0.3) is 0 Å². The van der Waals surface area contributed by atoms with Gasteiger partial charge < -0.3 is 9.84 Å². The monoisotopic (exact) mass is 173 g/mol. The Kier molecular flexibility index (Phi) is 4.67. The molecule has 0 saturated heterocycles. The van der Waals surface area contributed by atoms with Crippen LogP contribution in [0.3, 0.4) is 0 Å². The van der Waals surface area contributed by atoms with Crippen LogP contribution in [-0.2, 0) is 9.53 Å². The summed E-state index contributed by atoms with van der Waals surface area (Å²) in [4.78, 5) is 20.9. The largest absolute Gasteiger partial charge is 0.510 e. The van der Waals surface area contributed by atoms with Crippen LogP contribution < -0.4 is 0 Å². The molecule has 0 amide bonds. The highest BCUT2D eigenvalue weighted by molar-refractivity contribution is 5.88. The number of allylic oxidation sites excluding steroid dienone is 1. The molecular formula is C7H11NO4. The van der Waals surface area contributed by atoms with E-state index in [2.05, 4.69) is 9.91 Å². The fourth-order valence-corrected chi connectivity index (χ4v) is 0.575. The summed E-state index contributed by atoms with van der Waals surface area (Å²) in [6.45, 7) is 3.35. The third-order valence-corrected chi connectivity index (χ3v) is 1.17. The van der Waals surface area contributed by atoms with Crippen LogP contribution in [-0.4, -0.2) is 17.7 Å². The van der Waals surface area contributed by atoms with Crippen molar-refractivity contribution in [3.63, 3.8) is 0 Å². The summed E-state index contributed by atoms with van der Waals surface area (Å²) in [7, 11) is 0. The van der Waals surface area contributed by atoms with Gasteiger partial charge in [-0.25, -0.2) is 4.79 Å². The maximum atomic E-state index is 10.8. The molecule has 0 saturated carbocycles. The first-order chi connectivity index (χ1) is 5.67. The molecule has 0 heterocycles. The highest BCUT2D eigenvalue weighted by atomic mass is 16.5. The highest BCUT2D eigenvalue weighted by Gasteiger charge is 2.15. The van der Waals surface area contributed by atoms with Crippen LogP contribution >= 0.6 is 0 Å². The van der Waals surface area contributed by atoms with E-state index in [4.69, 9.17) is 5.11 Å². The van der Waals surface area contributed by atoms with E-state index in [1.807, 2.05) is 0 Å². The van der Waals surface area contributed by atoms with E-state index in [9.17, 15) is 9.70 Å². The van der Waals surface area contributed by atoms with Gasteiger partial charge >= 0.3 is 5.97 Å². The van der Waals surface area contributed by atoms with Gasteiger partial charge in [-0.3, -0.25) is 0 Å². The maximum Gasteiger partial charge on any atom is 0.364 e. The molecule has 0 rings (SSSR count). The number of hydrogen-bond acceptors (Lipinski definition) is 5. The summed E-state index contributed by atoms with van der Waals surface area (Å²) < 4.78 is 4.47. The molecule has 0 aliphatic rings. The number of carbonyl (C=O) groups is 1. The lowest BCUT2D eigenvalue weighted by Gasteiger charge is -2.00. The second-order valence-electron chi connectivity index (χ2n) is 1.96. The molecule has 68 valence electrons. The molecule has 1 N–H and O–H groups in total. The van der Waals surface area contributed by atoms with Crippen molar-refractivity contribution in [1.82, 2.24) is 0 Å². The van der Waals surface area contributed by atoms with E-state index < -0.39 is 11.7 Å². The number of carbonyl (C=O) groups excluding carboxylic acids is 1. The summed E-state index contributed by atoms with van der Waals surface area (Å²) in [6, 6.07) is 0. The average molecular weight is 173 g/mol. The zero-order chi connectivity index (χ0) is 9.56.